The van der Waals surface area contributed by atoms with Gasteiger partial charge in [0.1, 0.15) is 0 Å². The van der Waals surface area contributed by atoms with Crippen LogP contribution in [0.2, 0.25) is 0 Å². The minimum Gasteiger partial charge on any atom is -0.376 e. The first-order chi connectivity index (χ1) is 11.7. The van der Waals surface area contributed by atoms with E-state index in [1.54, 1.807) is 0 Å². The van der Waals surface area contributed by atoms with Gasteiger partial charge in [-0.3, -0.25) is 9.69 Å². The molecule has 0 aliphatic carbocycles. The molecule has 128 valence electrons. The molecule has 1 saturated heterocycles. The van der Waals surface area contributed by atoms with Crippen molar-refractivity contribution >= 4 is 5.91 Å². The van der Waals surface area contributed by atoms with E-state index in [0.717, 1.165) is 30.6 Å². The molecule has 0 bridgehead atoms. The quantitative estimate of drug-likeness (QED) is 0.771. The van der Waals surface area contributed by atoms with Crippen LogP contribution in [0.15, 0.2) is 24.3 Å². The number of tetrazole rings is 1. The lowest BCUT2D eigenvalue weighted by Gasteiger charge is -2.17. The molecule has 1 aromatic heterocycles. The van der Waals surface area contributed by atoms with Gasteiger partial charge in [-0.2, -0.15) is 5.21 Å². The monoisotopic (exact) mass is 330 g/mol. The van der Waals surface area contributed by atoms with Crippen LogP contribution in [-0.4, -0.2) is 64.3 Å². The fraction of sp³-hybridized carbons (Fsp3) is 0.500. The molecule has 1 fully saturated rings. The van der Waals surface area contributed by atoms with Gasteiger partial charge in [-0.1, -0.05) is 18.2 Å². The molecular formula is C16H22N6O2. The second-order valence-electron chi connectivity index (χ2n) is 6.05. The van der Waals surface area contributed by atoms with Gasteiger partial charge in [0.2, 0.25) is 11.7 Å². The average Bonchev–Trinajstić information content (AvgIpc) is 3.27. The summed E-state index contributed by atoms with van der Waals surface area (Å²) in [7, 11) is 1.92. The lowest BCUT2D eigenvalue weighted by molar-refractivity contribution is -0.122. The number of benzene rings is 1. The number of likely N-dealkylation sites (N-methyl/N-ethyl adjacent to an activating group) is 1. The summed E-state index contributed by atoms with van der Waals surface area (Å²) >= 11 is 0. The van der Waals surface area contributed by atoms with Crippen molar-refractivity contribution in [1.29, 1.82) is 0 Å². The van der Waals surface area contributed by atoms with Crippen LogP contribution in [-0.2, 0) is 16.1 Å². The van der Waals surface area contributed by atoms with Crippen molar-refractivity contribution in [3.63, 3.8) is 0 Å². The van der Waals surface area contributed by atoms with Crippen LogP contribution in [0, 0.1) is 0 Å². The highest BCUT2D eigenvalue weighted by Gasteiger charge is 2.16. The Kier molecular flexibility index (Phi) is 5.50. The molecule has 3 rings (SSSR count). The lowest BCUT2D eigenvalue weighted by Crippen LogP contribution is -2.38. The van der Waals surface area contributed by atoms with E-state index < -0.39 is 0 Å². The Balaban J connectivity index is 1.48. The van der Waals surface area contributed by atoms with Gasteiger partial charge < -0.3 is 10.1 Å². The Morgan fingerprint density at radius 3 is 3.17 bits per heavy atom. The van der Waals surface area contributed by atoms with Gasteiger partial charge >= 0.3 is 0 Å². The summed E-state index contributed by atoms with van der Waals surface area (Å²) in [5, 5.41) is 16.9. The highest BCUT2D eigenvalue weighted by Crippen LogP contribution is 2.16. The molecule has 1 aliphatic rings. The number of amides is 1. The molecular weight excluding hydrogens is 308 g/mol. The minimum atomic E-state index is 0.0160. The smallest absolute Gasteiger partial charge is 0.234 e. The minimum absolute atomic E-state index is 0.0160. The molecule has 0 spiro atoms. The molecule has 0 unspecified atom stereocenters. The molecule has 1 aromatic carbocycles. The number of nitrogens with one attached hydrogen (secondary N) is 2. The van der Waals surface area contributed by atoms with E-state index in [1.807, 2.05) is 36.2 Å². The predicted octanol–water partition coefficient (Wildman–Crippen LogP) is 0.594. The van der Waals surface area contributed by atoms with E-state index >= 15 is 0 Å². The Bertz CT molecular complexity index is 654. The van der Waals surface area contributed by atoms with Gasteiger partial charge in [-0.25, -0.2) is 0 Å². The van der Waals surface area contributed by atoms with Gasteiger partial charge in [0.15, 0.2) is 0 Å². The SMILES string of the molecule is CN(CC(=O)NC[C@@H]1CCCO1)Cc1cccc(-c2nn[nH]n2)c1. The Morgan fingerprint density at radius 2 is 2.42 bits per heavy atom. The van der Waals surface area contributed by atoms with Crippen molar-refractivity contribution in [2.75, 3.05) is 26.7 Å². The van der Waals surface area contributed by atoms with Crippen molar-refractivity contribution in [1.82, 2.24) is 30.8 Å². The fourth-order valence-electron chi connectivity index (χ4n) is 2.79. The van der Waals surface area contributed by atoms with Gasteiger partial charge in [-0.05, 0) is 36.7 Å². The molecule has 8 nitrogen and oxygen atoms in total. The zero-order valence-corrected chi connectivity index (χ0v) is 13.7. The van der Waals surface area contributed by atoms with Gasteiger partial charge in [0.05, 0.1) is 12.6 Å². The number of nitrogens with zero attached hydrogens (tertiary/aromatic N) is 4. The van der Waals surface area contributed by atoms with Crippen molar-refractivity contribution in [3.05, 3.63) is 29.8 Å². The van der Waals surface area contributed by atoms with E-state index in [2.05, 4.69) is 25.9 Å². The summed E-state index contributed by atoms with van der Waals surface area (Å²) in [5.74, 6) is 0.580. The van der Waals surface area contributed by atoms with E-state index in [-0.39, 0.29) is 12.0 Å². The summed E-state index contributed by atoms with van der Waals surface area (Å²) in [6, 6.07) is 7.91. The van der Waals surface area contributed by atoms with Crippen LogP contribution >= 0.6 is 0 Å². The molecule has 2 heterocycles. The standard InChI is InChI=1S/C16H22N6O2/c1-22(11-15(23)17-9-14-6-3-7-24-14)10-12-4-2-5-13(8-12)16-18-20-21-19-16/h2,4-5,8,14H,3,6-7,9-11H2,1H3,(H,17,23)(H,18,19,20,21)/t14-/m0/s1. The number of carbonyl (C=O) groups is 1. The summed E-state index contributed by atoms with van der Waals surface area (Å²) in [4.78, 5) is 14.0. The Hall–Kier alpha value is -2.32. The maximum absolute atomic E-state index is 12.0. The first kappa shape index (κ1) is 16.5. The summed E-state index contributed by atoms with van der Waals surface area (Å²) < 4.78 is 5.50. The highest BCUT2D eigenvalue weighted by molar-refractivity contribution is 5.78. The number of hydrogen-bond acceptors (Lipinski definition) is 6. The summed E-state index contributed by atoms with van der Waals surface area (Å²) in [6.45, 7) is 2.41. The third-order valence-corrected chi connectivity index (χ3v) is 3.95. The van der Waals surface area contributed by atoms with Crippen LogP contribution in [0.5, 0.6) is 0 Å². The van der Waals surface area contributed by atoms with Crippen molar-refractivity contribution in [2.24, 2.45) is 0 Å². The molecule has 0 saturated carbocycles. The van der Waals surface area contributed by atoms with Crippen molar-refractivity contribution < 1.29 is 9.53 Å². The van der Waals surface area contributed by atoms with E-state index in [9.17, 15) is 4.79 Å². The molecule has 1 aliphatic heterocycles. The number of carbonyl (C=O) groups excluding carboxylic acids is 1. The van der Waals surface area contributed by atoms with Gasteiger partial charge in [0, 0.05) is 25.3 Å². The second kappa shape index (κ2) is 7.98. The highest BCUT2D eigenvalue weighted by atomic mass is 16.5. The molecule has 8 heteroatoms. The predicted molar refractivity (Wildman–Crippen MR) is 87.9 cm³/mol. The molecule has 24 heavy (non-hydrogen) atoms. The fourth-order valence-corrected chi connectivity index (χ4v) is 2.79. The topological polar surface area (TPSA) is 96.0 Å². The van der Waals surface area contributed by atoms with Crippen LogP contribution in [0.3, 0.4) is 0 Å². The molecule has 1 amide bonds. The van der Waals surface area contributed by atoms with Crippen LogP contribution in [0.4, 0.5) is 0 Å². The van der Waals surface area contributed by atoms with E-state index in [0.29, 0.717) is 25.5 Å². The molecule has 2 aromatic rings. The number of rotatable bonds is 7. The second-order valence-corrected chi connectivity index (χ2v) is 6.05. The number of ether oxygens (including phenoxy) is 1. The average molecular weight is 330 g/mol. The summed E-state index contributed by atoms with van der Waals surface area (Å²) in [5.41, 5.74) is 1.99. The Morgan fingerprint density at radius 1 is 1.50 bits per heavy atom. The van der Waals surface area contributed by atoms with Crippen molar-refractivity contribution in [3.8, 4) is 11.4 Å². The number of aromatic amines is 1. The molecule has 0 radical (unpaired) electrons. The number of hydrogen-bond donors (Lipinski definition) is 2. The summed E-state index contributed by atoms with van der Waals surface area (Å²) in [6.07, 6.45) is 2.28. The normalized spacial score (nSPS) is 17.3. The van der Waals surface area contributed by atoms with Crippen LogP contribution in [0.1, 0.15) is 18.4 Å². The third kappa shape index (κ3) is 4.59. The Labute approximate surface area is 140 Å². The van der Waals surface area contributed by atoms with Gasteiger partial charge in [-0.15, -0.1) is 10.2 Å². The van der Waals surface area contributed by atoms with E-state index in [1.165, 1.54) is 0 Å². The first-order valence-corrected chi connectivity index (χ1v) is 8.10. The van der Waals surface area contributed by atoms with Crippen LogP contribution in [0.25, 0.3) is 11.4 Å². The van der Waals surface area contributed by atoms with Crippen molar-refractivity contribution in [2.45, 2.75) is 25.5 Å². The molecule has 2 N–H and O–H groups in total. The van der Waals surface area contributed by atoms with E-state index in [4.69, 9.17) is 4.74 Å². The first-order valence-electron chi connectivity index (χ1n) is 8.10. The maximum Gasteiger partial charge on any atom is 0.234 e. The van der Waals surface area contributed by atoms with Crippen LogP contribution < -0.4 is 5.32 Å². The lowest BCUT2D eigenvalue weighted by atomic mass is 10.1. The van der Waals surface area contributed by atoms with Gasteiger partial charge in [0.25, 0.3) is 0 Å². The number of H-pyrrole nitrogens is 1. The maximum atomic E-state index is 12.0. The number of aromatic nitrogens is 4. The third-order valence-electron chi connectivity index (χ3n) is 3.95. The zero-order chi connectivity index (χ0) is 16.8. The molecule has 1 atom stereocenters. The largest absolute Gasteiger partial charge is 0.376 e. The zero-order valence-electron chi connectivity index (χ0n) is 13.7.